The molecule has 0 fully saturated rings. The zero-order valence-corrected chi connectivity index (χ0v) is 14.4. The van der Waals surface area contributed by atoms with E-state index in [0.717, 1.165) is 11.1 Å². The van der Waals surface area contributed by atoms with E-state index in [9.17, 15) is 4.79 Å². The summed E-state index contributed by atoms with van der Waals surface area (Å²) >= 11 is 9.21. The van der Waals surface area contributed by atoms with E-state index in [1.807, 2.05) is 31.2 Å². The smallest absolute Gasteiger partial charge is 0.254 e. The molecule has 6 heteroatoms. The van der Waals surface area contributed by atoms with E-state index >= 15 is 0 Å². The van der Waals surface area contributed by atoms with Crippen LogP contribution >= 0.6 is 27.5 Å². The zero-order chi connectivity index (χ0) is 15.9. The fourth-order valence-corrected chi connectivity index (χ4v) is 2.35. The van der Waals surface area contributed by atoms with Gasteiger partial charge in [0.15, 0.2) is 0 Å². The van der Waals surface area contributed by atoms with Crippen LogP contribution in [0.25, 0.3) is 0 Å². The maximum atomic E-state index is 12.1. The van der Waals surface area contributed by atoms with E-state index in [4.69, 9.17) is 16.3 Å². The Morgan fingerprint density at radius 2 is 2.00 bits per heavy atom. The molecule has 1 amide bonds. The Kier molecular flexibility index (Phi) is 6.36. The Bertz CT molecular complexity index is 647. The number of hydrogen-bond donors (Lipinski definition) is 1. The Hall–Kier alpha value is -1.43. The summed E-state index contributed by atoms with van der Waals surface area (Å²) in [5.74, 6) is -0.253. The number of nitrogens with one attached hydrogen (secondary N) is 1. The number of carbonyl (C=O) groups is 1. The average Bonchev–Trinajstić information content (AvgIpc) is 2.54. The maximum Gasteiger partial charge on any atom is 0.254 e. The highest BCUT2D eigenvalue weighted by molar-refractivity contribution is 9.10. The topological polar surface area (TPSA) is 51.2 Å². The summed E-state index contributed by atoms with van der Waals surface area (Å²) in [7, 11) is 0. The van der Waals surface area contributed by atoms with Crippen LogP contribution in [-0.4, -0.2) is 17.5 Å². The molecule has 1 aromatic carbocycles. The van der Waals surface area contributed by atoms with E-state index in [0.29, 0.717) is 29.8 Å². The number of ether oxygens (including phenoxy) is 1. The van der Waals surface area contributed by atoms with Gasteiger partial charge in [-0.2, -0.15) is 0 Å². The number of nitrogens with zero attached hydrogens (tertiary/aromatic N) is 1. The van der Waals surface area contributed by atoms with E-state index in [-0.39, 0.29) is 11.1 Å². The number of benzene rings is 1. The van der Waals surface area contributed by atoms with Crippen molar-refractivity contribution in [2.45, 2.75) is 20.1 Å². The first kappa shape index (κ1) is 16.9. The molecule has 0 aliphatic heterocycles. The van der Waals surface area contributed by atoms with Crippen LogP contribution in [0.15, 0.2) is 41.0 Å². The lowest BCUT2D eigenvalue weighted by molar-refractivity contribution is 0.0950. The molecule has 0 aliphatic carbocycles. The first-order valence-electron chi connectivity index (χ1n) is 6.85. The van der Waals surface area contributed by atoms with Crippen molar-refractivity contribution in [1.82, 2.24) is 10.3 Å². The molecule has 0 bridgehead atoms. The molecule has 22 heavy (non-hydrogen) atoms. The first-order valence-corrected chi connectivity index (χ1v) is 8.02. The second-order valence-electron chi connectivity index (χ2n) is 4.63. The molecule has 116 valence electrons. The van der Waals surface area contributed by atoms with Crippen molar-refractivity contribution in [3.8, 4) is 0 Å². The van der Waals surface area contributed by atoms with E-state index in [1.54, 1.807) is 12.3 Å². The van der Waals surface area contributed by atoms with Crippen molar-refractivity contribution in [2.75, 3.05) is 6.61 Å². The van der Waals surface area contributed by atoms with Gasteiger partial charge in [-0.3, -0.25) is 4.79 Å². The minimum Gasteiger partial charge on any atom is -0.377 e. The molecule has 0 aliphatic rings. The number of hydrogen-bond acceptors (Lipinski definition) is 3. The van der Waals surface area contributed by atoms with Crippen LogP contribution in [0.3, 0.4) is 0 Å². The summed E-state index contributed by atoms with van der Waals surface area (Å²) in [4.78, 5) is 16.1. The van der Waals surface area contributed by atoms with E-state index in [2.05, 4.69) is 26.2 Å². The maximum absolute atomic E-state index is 12.1. The molecule has 0 unspecified atom stereocenters. The van der Waals surface area contributed by atoms with Gasteiger partial charge < -0.3 is 10.1 Å². The Morgan fingerprint density at radius 3 is 2.68 bits per heavy atom. The number of amides is 1. The molecule has 2 rings (SSSR count). The predicted octanol–water partition coefficient (Wildman–Crippen LogP) is 3.96. The van der Waals surface area contributed by atoms with Crippen LogP contribution in [0.2, 0.25) is 5.15 Å². The molecular weight excluding hydrogens is 368 g/mol. The van der Waals surface area contributed by atoms with Crippen LogP contribution < -0.4 is 5.32 Å². The van der Waals surface area contributed by atoms with Crippen molar-refractivity contribution in [1.29, 1.82) is 0 Å². The summed E-state index contributed by atoms with van der Waals surface area (Å²) in [6, 6.07) is 9.57. The standard InChI is InChI=1S/C16H16BrClN2O2/c1-2-22-10-12-5-3-11(4-6-12)8-20-16(21)14-7-13(17)9-19-15(14)18/h3-7,9H,2,8,10H2,1H3,(H,20,21). The van der Waals surface area contributed by atoms with Crippen LogP contribution in [-0.2, 0) is 17.9 Å². The third-order valence-electron chi connectivity index (χ3n) is 3.00. The van der Waals surface area contributed by atoms with Crippen molar-refractivity contribution in [2.24, 2.45) is 0 Å². The van der Waals surface area contributed by atoms with Crippen molar-refractivity contribution in [3.63, 3.8) is 0 Å². The van der Waals surface area contributed by atoms with Crippen molar-refractivity contribution < 1.29 is 9.53 Å². The van der Waals surface area contributed by atoms with Gasteiger partial charge in [0.1, 0.15) is 5.15 Å². The molecule has 0 radical (unpaired) electrons. The number of halogens is 2. The third-order valence-corrected chi connectivity index (χ3v) is 3.73. The van der Waals surface area contributed by atoms with Gasteiger partial charge in [0.05, 0.1) is 12.2 Å². The van der Waals surface area contributed by atoms with E-state index < -0.39 is 0 Å². The lowest BCUT2D eigenvalue weighted by atomic mass is 10.1. The van der Waals surface area contributed by atoms with Crippen molar-refractivity contribution >= 4 is 33.4 Å². The average molecular weight is 384 g/mol. The largest absolute Gasteiger partial charge is 0.377 e. The van der Waals surface area contributed by atoms with Crippen LogP contribution in [0.4, 0.5) is 0 Å². The first-order chi connectivity index (χ1) is 10.6. The minimum atomic E-state index is -0.253. The second-order valence-corrected chi connectivity index (χ2v) is 5.90. The highest BCUT2D eigenvalue weighted by Gasteiger charge is 2.11. The Morgan fingerprint density at radius 1 is 1.32 bits per heavy atom. The van der Waals surface area contributed by atoms with Gasteiger partial charge >= 0.3 is 0 Å². The van der Waals surface area contributed by atoms with Crippen LogP contribution in [0.5, 0.6) is 0 Å². The fraction of sp³-hybridized carbons (Fsp3) is 0.250. The SMILES string of the molecule is CCOCc1ccc(CNC(=O)c2cc(Br)cnc2Cl)cc1. The molecule has 0 saturated carbocycles. The molecule has 1 heterocycles. The summed E-state index contributed by atoms with van der Waals surface area (Å²) in [6.07, 6.45) is 1.55. The second kappa shape index (κ2) is 8.27. The normalized spacial score (nSPS) is 10.5. The summed E-state index contributed by atoms with van der Waals surface area (Å²) in [5.41, 5.74) is 2.47. The highest BCUT2D eigenvalue weighted by Crippen LogP contribution is 2.18. The van der Waals surface area contributed by atoms with Gasteiger partial charge in [-0.15, -0.1) is 0 Å². The summed E-state index contributed by atoms with van der Waals surface area (Å²) in [6.45, 7) is 3.68. The lowest BCUT2D eigenvalue weighted by Gasteiger charge is -2.08. The number of carbonyl (C=O) groups excluding carboxylic acids is 1. The molecule has 0 atom stereocenters. The van der Waals surface area contributed by atoms with Crippen molar-refractivity contribution in [3.05, 3.63) is 62.8 Å². The number of aromatic nitrogens is 1. The highest BCUT2D eigenvalue weighted by atomic mass is 79.9. The third kappa shape index (κ3) is 4.80. The molecule has 0 saturated heterocycles. The van der Waals surface area contributed by atoms with E-state index in [1.165, 1.54) is 0 Å². The fourth-order valence-electron chi connectivity index (χ4n) is 1.83. The van der Waals surface area contributed by atoms with Crippen LogP contribution in [0.1, 0.15) is 28.4 Å². The Labute approximate surface area is 143 Å². The zero-order valence-electron chi connectivity index (χ0n) is 12.1. The molecule has 4 nitrogen and oxygen atoms in total. The van der Waals surface area contributed by atoms with Gasteiger partial charge in [0.25, 0.3) is 5.91 Å². The van der Waals surface area contributed by atoms with Gasteiger partial charge in [-0.05, 0) is 40.0 Å². The van der Waals surface area contributed by atoms with Gasteiger partial charge in [0, 0.05) is 23.8 Å². The minimum absolute atomic E-state index is 0.188. The summed E-state index contributed by atoms with van der Waals surface area (Å²) in [5, 5.41) is 3.02. The summed E-state index contributed by atoms with van der Waals surface area (Å²) < 4.78 is 6.05. The molecule has 0 spiro atoms. The van der Waals surface area contributed by atoms with Gasteiger partial charge in [0.2, 0.25) is 0 Å². The van der Waals surface area contributed by atoms with Crippen LogP contribution in [0, 0.1) is 0 Å². The molecule has 1 N–H and O–H groups in total. The monoisotopic (exact) mass is 382 g/mol. The Balaban J connectivity index is 1.94. The quantitative estimate of drug-likeness (QED) is 0.768. The van der Waals surface area contributed by atoms with Gasteiger partial charge in [-0.1, -0.05) is 35.9 Å². The molecular formula is C16H16BrClN2O2. The lowest BCUT2D eigenvalue weighted by Crippen LogP contribution is -2.23. The molecule has 2 aromatic rings. The van der Waals surface area contributed by atoms with Gasteiger partial charge in [-0.25, -0.2) is 4.98 Å². The predicted molar refractivity (Wildman–Crippen MR) is 89.9 cm³/mol. The number of rotatable bonds is 6. The molecule has 1 aromatic heterocycles. The number of pyridine rings is 1.